The van der Waals surface area contributed by atoms with E-state index in [2.05, 4.69) is 47.0 Å². The molecule has 1 heterocycles. The minimum absolute atomic E-state index is 0.121. The minimum atomic E-state index is -0.204. The number of nitrogens with zero attached hydrogens (tertiary/aromatic N) is 1. The molecule has 0 unspecified atom stereocenters. The summed E-state index contributed by atoms with van der Waals surface area (Å²) < 4.78 is 13.5. The molecule has 1 aromatic heterocycles. The number of carbonyl (C=O) groups excluding carboxylic acids is 1. The standard InChI is InChI=1S/C27H29NO3S/c1-27(2,3)16-24(29)31-23-15-14-21-20-8-6-7-9-22(20)28(25(21)26(23)32-5)17-18-10-12-19(30-4)13-11-18/h6-15H,16-17H2,1-5H3. The largest absolute Gasteiger partial charge is 0.497 e. The lowest BCUT2D eigenvalue weighted by molar-refractivity contribution is -0.136. The number of hydrogen-bond donors (Lipinski definition) is 0. The third-order valence-corrected chi connectivity index (χ3v) is 6.26. The van der Waals surface area contributed by atoms with Gasteiger partial charge in [-0.2, -0.15) is 0 Å². The number of ether oxygens (including phenoxy) is 2. The number of aromatic nitrogens is 1. The Balaban J connectivity index is 1.85. The molecular weight excluding hydrogens is 418 g/mol. The summed E-state index contributed by atoms with van der Waals surface area (Å²) in [6, 6.07) is 20.6. The monoisotopic (exact) mass is 447 g/mol. The number of carbonyl (C=O) groups is 1. The van der Waals surface area contributed by atoms with E-state index in [0.29, 0.717) is 18.7 Å². The average molecular weight is 448 g/mol. The molecule has 0 atom stereocenters. The Morgan fingerprint density at radius 2 is 1.69 bits per heavy atom. The first-order valence-electron chi connectivity index (χ1n) is 10.7. The van der Waals surface area contributed by atoms with Crippen LogP contribution in [0.2, 0.25) is 0 Å². The Morgan fingerprint density at radius 1 is 0.969 bits per heavy atom. The van der Waals surface area contributed by atoms with Gasteiger partial charge in [0.1, 0.15) is 11.5 Å². The fourth-order valence-corrected chi connectivity index (χ4v) is 4.77. The SMILES string of the molecule is COc1ccc(Cn2c3ccccc3c3ccc(OC(=O)CC(C)(C)C)c(SC)c32)cc1. The molecule has 0 fully saturated rings. The van der Waals surface area contributed by atoms with E-state index in [4.69, 9.17) is 9.47 Å². The van der Waals surface area contributed by atoms with Gasteiger partial charge in [-0.25, -0.2) is 0 Å². The highest BCUT2D eigenvalue weighted by atomic mass is 32.2. The van der Waals surface area contributed by atoms with E-state index in [-0.39, 0.29) is 11.4 Å². The molecule has 0 radical (unpaired) electrons. The molecule has 3 aromatic carbocycles. The first-order chi connectivity index (χ1) is 15.3. The molecular formula is C27H29NO3S. The molecule has 4 rings (SSSR count). The van der Waals surface area contributed by atoms with Crippen LogP contribution in [0.25, 0.3) is 21.8 Å². The summed E-state index contributed by atoms with van der Waals surface area (Å²) >= 11 is 1.61. The molecule has 0 saturated heterocycles. The molecule has 32 heavy (non-hydrogen) atoms. The van der Waals surface area contributed by atoms with Gasteiger partial charge in [-0.3, -0.25) is 4.79 Å². The zero-order chi connectivity index (χ0) is 22.9. The van der Waals surface area contributed by atoms with Gasteiger partial charge in [0.25, 0.3) is 0 Å². The fourth-order valence-electron chi connectivity index (χ4n) is 4.04. The van der Waals surface area contributed by atoms with Crippen molar-refractivity contribution in [3.63, 3.8) is 0 Å². The second-order valence-corrected chi connectivity index (χ2v) is 9.97. The van der Waals surface area contributed by atoms with Crippen molar-refractivity contribution in [3.05, 3.63) is 66.2 Å². The summed E-state index contributed by atoms with van der Waals surface area (Å²) in [7, 11) is 1.68. The molecule has 0 aliphatic carbocycles. The lowest BCUT2D eigenvalue weighted by Gasteiger charge is -2.18. The van der Waals surface area contributed by atoms with E-state index >= 15 is 0 Å². The first-order valence-corrected chi connectivity index (χ1v) is 11.9. The average Bonchev–Trinajstić information content (AvgIpc) is 3.07. The topological polar surface area (TPSA) is 40.5 Å². The molecule has 0 spiro atoms. The van der Waals surface area contributed by atoms with Crippen molar-refractivity contribution in [2.75, 3.05) is 13.4 Å². The van der Waals surface area contributed by atoms with E-state index in [1.54, 1.807) is 18.9 Å². The molecule has 0 aliphatic heterocycles. The Morgan fingerprint density at radius 3 is 2.34 bits per heavy atom. The second-order valence-electron chi connectivity index (χ2n) is 9.16. The summed E-state index contributed by atoms with van der Waals surface area (Å²) in [5, 5.41) is 2.35. The molecule has 0 amide bonds. The van der Waals surface area contributed by atoms with E-state index in [0.717, 1.165) is 27.1 Å². The van der Waals surface area contributed by atoms with Crippen molar-refractivity contribution in [1.82, 2.24) is 4.57 Å². The quantitative estimate of drug-likeness (QED) is 0.183. The summed E-state index contributed by atoms with van der Waals surface area (Å²) in [5.74, 6) is 1.26. The third kappa shape index (κ3) is 4.49. The van der Waals surface area contributed by atoms with Gasteiger partial charge in [0, 0.05) is 22.8 Å². The molecule has 0 aliphatic rings. The number of esters is 1. The molecule has 4 nitrogen and oxygen atoms in total. The van der Waals surface area contributed by atoms with Gasteiger partial charge in [0.05, 0.1) is 23.9 Å². The van der Waals surface area contributed by atoms with Gasteiger partial charge in [0.2, 0.25) is 0 Å². The minimum Gasteiger partial charge on any atom is -0.497 e. The predicted octanol–water partition coefficient (Wildman–Crippen LogP) is 6.91. The third-order valence-electron chi connectivity index (χ3n) is 5.45. The van der Waals surface area contributed by atoms with Crippen molar-refractivity contribution in [2.45, 2.75) is 38.6 Å². The van der Waals surface area contributed by atoms with Crippen LogP contribution in [0.3, 0.4) is 0 Å². The summed E-state index contributed by atoms with van der Waals surface area (Å²) in [6.07, 6.45) is 2.40. The van der Waals surface area contributed by atoms with Crippen molar-refractivity contribution >= 4 is 39.5 Å². The highest BCUT2D eigenvalue weighted by molar-refractivity contribution is 7.99. The van der Waals surface area contributed by atoms with Gasteiger partial charge in [0.15, 0.2) is 0 Å². The maximum absolute atomic E-state index is 12.6. The van der Waals surface area contributed by atoms with Crippen LogP contribution in [0.5, 0.6) is 11.5 Å². The second kappa shape index (κ2) is 8.91. The predicted molar refractivity (Wildman–Crippen MR) is 133 cm³/mol. The molecule has 5 heteroatoms. The Kier molecular flexibility index (Phi) is 6.20. The summed E-state index contributed by atoms with van der Waals surface area (Å²) in [5.41, 5.74) is 3.31. The molecule has 4 aromatic rings. The molecule has 166 valence electrons. The molecule has 0 saturated carbocycles. The van der Waals surface area contributed by atoms with Gasteiger partial charge in [-0.15, -0.1) is 11.8 Å². The zero-order valence-corrected chi connectivity index (χ0v) is 20.1. The lowest BCUT2D eigenvalue weighted by atomic mass is 9.92. The van der Waals surface area contributed by atoms with E-state index < -0.39 is 0 Å². The van der Waals surface area contributed by atoms with Crippen LogP contribution in [-0.2, 0) is 11.3 Å². The maximum Gasteiger partial charge on any atom is 0.311 e. The first kappa shape index (κ1) is 22.3. The van der Waals surface area contributed by atoms with Gasteiger partial charge < -0.3 is 14.0 Å². The van der Waals surface area contributed by atoms with Crippen LogP contribution in [0.15, 0.2) is 65.6 Å². The Bertz CT molecular complexity index is 1270. The van der Waals surface area contributed by atoms with Gasteiger partial charge >= 0.3 is 5.97 Å². The Labute approximate surface area is 193 Å². The zero-order valence-electron chi connectivity index (χ0n) is 19.3. The van der Waals surface area contributed by atoms with Crippen LogP contribution in [0.4, 0.5) is 0 Å². The smallest absolute Gasteiger partial charge is 0.311 e. The van der Waals surface area contributed by atoms with Crippen molar-refractivity contribution in [1.29, 1.82) is 0 Å². The number of benzene rings is 3. The normalized spacial score (nSPS) is 11.8. The van der Waals surface area contributed by atoms with Crippen LogP contribution in [0.1, 0.15) is 32.8 Å². The highest BCUT2D eigenvalue weighted by Gasteiger charge is 2.22. The van der Waals surface area contributed by atoms with Gasteiger partial charge in [-0.1, -0.05) is 51.1 Å². The molecule has 0 N–H and O–H groups in total. The van der Waals surface area contributed by atoms with Gasteiger partial charge in [-0.05, 0) is 47.6 Å². The molecule has 0 bridgehead atoms. The number of fused-ring (bicyclic) bond motifs is 3. The number of para-hydroxylation sites is 1. The lowest BCUT2D eigenvalue weighted by Crippen LogP contribution is -2.18. The Hall–Kier alpha value is -2.92. The van der Waals surface area contributed by atoms with E-state index in [1.165, 1.54) is 10.9 Å². The number of thioether (sulfide) groups is 1. The van der Waals surface area contributed by atoms with E-state index in [1.807, 2.05) is 45.2 Å². The van der Waals surface area contributed by atoms with Crippen LogP contribution >= 0.6 is 11.8 Å². The van der Waals surface area contributed by atoms with Crippen molar-refractivity contribution in [3.8, 4) is 11.5 Å². The maximum atomic E-state index is 12.6. The number of hydrogen-bond acceptors (Lipinski definition) is 4. The van der Waals surface area contributed by atoms with Crippen molar-refractivity contribution in [2.24, 2.45) is 5.41 Å². The van der Waals surface area contributed by atoms with Crippen LogP contribution in [-0.4, -0.2) is 23.9 Å². The van der Waals surface area contributed by atoms with E-state index in [9.17, 15) is 4.79 Å². The number of methoxy groups -OCH3 is 1. The fraction of sp³-hybridized carbons (Fsp3) is 0.296. The summed E-state index contributed by atoms with van der Waals surface area (Å²) in [4.78, 5) is 13.6. The summed E-state index contributed by atoms with van der Waals surface area (Å²) in [6.45, 7) is 6.83. The highest BCUT2D eigenvalue weighted by Crippen LogP contribution is 2.41. The van der Waals surface area contributed by atoms with Crippen LogP contribution < -0.4 is 9.47 Å². The van der Waals surface area contributed by atoms with Crippen molar-refractivity contribution < 1.29 is 14.3 Å². The number of rotatable bonds is 6. The van der Waals surface area contributed by atoms with Crippen LogP contribution in [0, 0.1) is 5.41 Å².